The highest BCUT2D eigenvalue weighted by Gasteiger charge is 2.59. The molecule has 1 aromatic heterocycles. The third kappa shape index (κ3) is 5.79. The summed E-state index contributed by atoms with van der Waals surface area (Å²) in [5.41, 5.74) is 7.83. The number of imidazole rings is 1. The molecular formula is C38H41Cl2N5O4. The van der Waals surface area contributed by atoms with Crippen molar-refractivity contribution in [1.29, 1.82) is 0 Å². The van der Waals surface area contributed by atoms with Crippen molar-refractivity contribution in [2.24, 2.45) is 18.4 Å². The number of likely N-dealkylation sites (N-methyl/N-ethyl adjacent to an activating group) is 1. The number of benzene rings is 3. The molecule has 4 aliphatic rings. The van der Waals surface area contributed by atoms with Crippen LogP contribution in [0.4, 0.5) is 5.69 Å². The molecule has 2 aliphatic heterocycles. The summed E-state index contributed by atoms with van der Waals surface area (Å²) in [5.74, 6) is 2.02. The highest BCUT2D eigenvalue weighted by molar-refractivity contribution is 6.36. The summed E-state index contributed by atoms with van der Waals surface area (Å²) in [4.78, 5) is 22.7. The Morgan fingerprint density at radius 1 is 1.10 bits per heavy atom. The average molecular weight is 703 g/mol. The lowest BCUT2D eigenvalue weighted by Gasteiger charge is -2.23. The number of methoxy groups -OCH3 is 1. The van der Waals surface area contributed by atoms with Crippen LogP contribution in [0.25, 0.3) is 11.1 Å². The molecule has 0 bridgehead atoms. The van der Waals surface area contributed by atoms with Crippen LogP contribution in [-0.4, -0.2) is 70.8 Å². The minimum absolute atomic E-state index is 0.0883. The van der Waals surface area contributed by atoms with Crippen molar-refractivity contribution in [3.63, 3.8) is 0 Å². The van der Waals surface area contributed by atoms with Gasteiger partial charge in [-0.25, -0.2) is 4.98 Å². The van der Waals surface area contributed by atoms with Gasteiger partial charge >= 0.3 is 0 Å². The van der Waals surface area contributed by atoms with Crippen molar-refractivity contribution in [3.8, 4) is 22.6 Å². The fraction of sp³-hybridized carbons (Fsp3) is 0.421. The second-order valence-corrected chi connectivity index (χ2v) is 15.0. The smallest absolute Gasteiger partial charge is 0.291 e. The standard InChI is InChI=1S/C38H41Cl2N5O4/c1-43-13-12-31-30(19-43)41-36(44(31)2)37(47)42-29-9-5-8-27(35(29)40)24-6-4-7-26-25(24)10-11-32(26)49-34-15-33(48-3)22(14-28(34)39)17-45-18-23-16-38(23,20-45)21-46/h4-9,14-15,23,32,46H,10-13,16-21H2,1-3H3,(H,42,47). The third-order valence-electron chi connectivity index (χ3n) is 11.1. The normalized spacial score (nSPS) is 22.8. The van der Waals surface area contributed by atoms with Gasteiger partial charge in [0, 0.05) is 74.5 Å². The van der Waals surface area contributed by atoms with Crippen LogP contribution >= 0.6 is 23.2 Å². The highest BCUT2D eigenvalue weighted by atomic mass is 35.5. The molecule has 1 saturated heterocycles. The second-order valence-electron chi connectivity index (χ2n) is 14.2. The Morgan fingerprint density at radius 3 is 2.71 bits per heavy atom. The van der Waals surface area contributed by atoms with Gasteiger partial charge in [-0.2, -0.15) is 0 Å². The largest absolute Gasteiger partial charge is 0.496 e. The van der Waals surface area contributed by atoms with E-state index in [0.29, 0.717) is 33.2 Å². The molecule has 3 aromatic carbocycles. The van der Waals surface area contributed by atoms with Crippen LogP contribution in [0.2, 0.25) is 10.0 Å². The van der Waals surface area contributed by atoms with Gasteiger partial charge in [-0.15, -0.1) is 0 Å². The van der Waals surface area contributed by atoms with Gasteiger partial charge in [0.2, 0.25) is 0 Å². The first-order valence-corrected chi connectivity index (χ1v) is 17.7. The van der Waals surface area contributed by atoms with Gasteiger partial charge < -0.3 is 29.4 Å². The van der Waals surface area contributed by atoms with Gasteiger partial charge in [0.25, 0.3) is 5.91 Å². The number of aliphatic hydroxyl groups excluding tert-OH is 1. The van der Waals surface area contributed by atoms with Crippen LogP contribution in [0, 0.1) is 11.3 Å². The van der Waals surface area contributed by atoms with Crippen molar-refractivity contribution in [1.82, 2.24) is 19.4 Å². The van der Waals surface area contributed by atoms with Crippen LogP contribution in [0.5, 0.6) is 11.5 Å². The van der Waals surface area contributed by atoms with Crippen molar-refractivity contribution >= 4 is 34.8 Å². The molecule has 9 nitrogen and oxygen atoms in total. The predicted octanol–water partition coefficient (Wildman–Crippen LogP) is 6.52. The highest BCUT2D eigenvalue weighted by Crippen LogP contribution is 2.57. The SMILES string of the molecule is COc1cc(OC2CCc3c(-c4cccc(NC(=O)c5nc6c(n5C)CCN(C)C6)c4Cl)cccc32)c(Cl)cc1CN1CC2CC2(CO)C1. The van der Waals surface area contributed by atoms with Crippen LogP contribution < -0.4 is 14.8 Å². The maximum Gasteiger partial charge on any atom is 0.291 e. The lowest BCUT2D eigenvalue weighted by molar-refractivity contribution is 0.101. The van der Waals surface area contributed by atoms with Crippen molar-refractivity contribution in [2.45, 2.75) is 44.9 Å². The predicted molar refractivity (Wildman–Crippen MR) is 191 cm³/mol. The number of rotatable bonds is 9. The molecule has 0 spiro atoms. The van der Waals surface area contributed by atoms with Gasteiger partial charge in [-0.05, 0) is 61.1 Å². The Bertz CT molecular complexity index is 1960. The molecule has 3 unspecified atom stereocenters. The first kappa shape index (κ1) is 32.6. The molecular weight excluding hydrogens is 661 g/mol. The van der Waals surface area contributed by atoms with Gasteiger partial charge in [-0.1, -0.05) is 53.5 Å². The fourth-order valence-electron chi connectivity index (χ4n) is 8.31. The van der Waals surface area contributed by atoms with Gasteiger partial charge in [0.15, 0.2) is 5.82 Å². The van der Waals surface area contributed by atoms with Crippen LogP contribution in [0.1, 0.15) is 57.6 Å². The van der Waals surface area contributed by atoms with Crippen LogP contribution in [0.3, 0.4) is 0 Å². The lowest BCUT2D eigenvalue weighted by Crippen LogP contribution is -2.27. The zero-order valence-electron chi connectivity index (χ0n) is 28.1. The summed E-state index contributed by atoms with van der Waals surface area (Å²) in [6.07, 6.45) is 3.40. The number of nitrogens with zero attached hydrogens (tertiary/aromatic N) is 4. The fourth-order valence-corrected chi connectivity index (χ4v) is 8.82. The van der Waals surface area contributed by atoms with Gasteiger partial charge in [0.05, 0.1) is 35.1 Å². The Kier molecular flexibility index (Phi) is 8.40. The first-order valence-electron chi connectivity index (χ1n) is 17.0. The number of halogens is 2. The van der Waals surface area contributed by atoms with Crippen molar-refractivity contribution in [3.05, 3.63) is 92.5 Å². The Labute approximate surface area is 296 Å². The van der Waals surface area contributed by atoms with Crippen molar-refractivity contribution in [2.75, 3.05) is 45.7 Å². The average Bonchev–Trinajstić information content (AvgIpc) is 3.34. The number of aromatic nitrogens is 2. The number of nitrogens with one attached hydrogen (secondary N) is 1. The molecule has 256 valence electrons. The number of ether oxygens (including phenoxy) is 2. The molecule has 2 N–H and O–H groups in total. The number of anilines is 1. The maximum absolute atomic E-state index is 13.4. The topological polar surface area (TPSA) is 92.1 Å². The molecule has 11 heteroatoms. The summed E-state index contributed by atoms with van der Waals surface area (Å²) in [6, 6.07) is 15.8. The van der Waals surface area contributed by atoms with E-state index in [1.807, 2.05) is 48.0 Å². The molecule has 0 radical (unpaired) electrons. The summed E-state index contributed by atoms with van der Waals surface area (Å²) in [6.45, 7) is 4.53. The summed E-state index contributed by atoms with van der Waals surface area (Å²) in [7, 11) is 5.64. The van der Waals surface area contributed by atoms with E-state index in [4.69, 9.17) is 32.7 Å². The maximum atomic E-state index is 13.4. The molecule has 1 saturated carbocycles. The van der Waals surface area contributed by atoms with E-state index < -0.39 is 0 Å². The Morgan fingerprint density at radius 2 is 1.92 bits per heavy atom. The molecule has 3 heterocycles. The van der Waals surface area contributed by atoms with E-state index in [1.165, 1.54) is 5.56 Å². The zero-order chi connectivity index (χ0) is 34.0. The van der Waals surface area contributed by atoms with Crippen molar-refractivity contribution < 1.29 is 19.4 Å². The third-order valence-corrected chi connectivity index (χ3v) is 11.8. The number of fused-ring (bicyclic) bond motifs is 3. The molecule has 8 rings (SSSR count). The van der Waals surface area contributed by atoms with Gasteiger partial charge in [0.1, 0.15) is 17.6 Å². The summed E-state index contributed by atoms with van der Waals surface area (Å²) >= 11 is 13.9. The van der Waals surface area contributed by atoms with Crippen LogP contribution in [0.15, 0.2) is 48.5 Å². The zero-order valence-corrected chi connectivity index (χ0v) is 29.6. The number of likely N-dealkylation sites (tertiary alicyclic amines) is 1. The van der Waals surface area contributed by atoms with E-state index in [-0.39, 0.29) is 24.0 Å². The number of carbonyl (C=O) groups excluding carboxylic acids is 1. The molecule has 3 atom stereocenters. The van der Waals surface area contributed by atoms with E-state index in [2.05, 4.69) is 39.3 Å². The molecule has 2 fully saturated rings. The number of hydrogen-bond donors (Lipinski definition) is 2. The number of carbonyl (C=O) groups is 1. The minimum atomic E-state index is -0.283. The quantitative estimate of drug-likeness (QED) is 0.205. The molecule has 49 heavy (non-hydrogen) atoms. The summed E-state index contributed by atoms with van der Waals surface area (Å²) in [5, 5.41) is 13.9. The molecule has 4 aromatic rings. The second kappa shape index (κ2) is 12.6. The van der Waals surface area contributed by atoms with E-state index >= 15 is 0 Å². The van der Waals surface area contributed by atoms with E-state index in [1.54, 1.807) is 7.11 Å². The Balaban J connectivity index is 1.01. The van der Waals surface area contributed by atoms with Gasteiger partial charge in [-0.3, -0.25) is 9.69 Å². The first-order chi connectivity index (χ1) is 23.7. The minimum Gasteiger partial charge on any atom is -0.496 e. The van der Waals surface area contributed by atoms with E-state index in [9.17, 15) is 9.90 Å². The summed E-state index contributed by atoms with van der Waals surface area (Å²) < 4.78 is 14.3. The number of aliphatic hydroxyl groups is 1. The number of amides is 1. The van der Waals surface area contributed by atoms with E-state index in [0.717, 1.165) is 97.8 Å². The monoisotopic (exact) mass is 701 g/mol. The molecule has 1 amide bonds. The lowest BCUT2D eigenvalue weighted by atomic mass is 9.96. The Hall–Kier alpha value is -3.60. The number of piperidine rings is 1. The number of hydrogen-bond acceptors (Lipinski definition) is 7. The van der Waals surface area contributed by atoms with Crippen LogP contribution in [-0.2, 0) is 33.0 Å². The molecule has 2 aliphatic carbocycles.